The Kier molecular flexibility index (Phi) is 4.58. The minimum absolute atomic E-state index is 0.0103. The largest absolute Gasteiger partial charge is 0.506 e. The summed E-state index contributed by atoms with van der Waals surface area (Å²) in [5.74, 6) is -1.44. The van der Waals surface area contributed by atoms with Crippen LogP contribution >= 0.6 is 11.6 Å². The third kappa shape index (κ3) is 3.50. The summed E-state index contributed by atoms with van der Waals surface area (Å²) in [7, 11) is 0. The fourth-order valence-corrected chi connectivity index (χ4v) is 3.43. The molecular formula is C19H19ClO3. The molecule has 4 heteroatoms. The molecule has 3 rings (SSSR count). The van der Waals surface area contributed by atoms with Gasteiger partial charge in [0.15, 0.2) is 0 Å². The fourth-order valence-electron chi connectivity index (χ4n) is 3.23. The van der Waals surface area contributed by atoms with Gasteiger partial charge in [0.25, 0.3) is 0 Å². The van der Waals surface area contributed by atoms with Gasteiger partial charge in [-0.3, -0.25) is 4.79 Å². The van der Waals surface area contributed by atoms with Crippen molar-refractivity contribution in [2.45, 2.75) is 38.0 Å². The van der Waals surface area contributed by atoms with Crippen LogP contribution in [0.1, 0.15) is 41.0 Å². The third-order valence-corrected chi connectivity index (χ3v) is 4.83. The van der Waals surface area contributed by atoms with E-state index in [1.807, 2.05) is 6.07 Å². The Bertz CT molecular complexity index is 739. The van der Waals surface area contributed by atoms with Crippen LogP contribution in [0.5, 0.6) is 5.75 Å². The van der Waals surface area contributed by atoms with Gasteiger partial charge in [0.2, 0.25) is 0 Å². The Morgan fingerprint density at radius 3 is 2.52 bits per heavy atom. The molecule has 0 radical (unpaired) electrons. The van der Waals surface area contributed by atoms with Gasteiger partial charge in [-0.2, -0.15) is 0 Å². The minimum atomic E-state index is -0.843. The topological polar surface area (TPSA) is 57.5 Å². The lowest BCUT2D eigenvalue weighted by molar-refractivity contribution is -0.138. The molecule has 0 heterocycles. The molecule has 0 aromatic heterocycles. The number of hydrogen-bond donors (Lipinski definition) is 2. The van der Waals surface area contributed by atoms with Crippen LogP contribution in [0.3, 0.4) is 0 Å². The van der Waals surface area contributed by atoms with E-state index in [4.69, 9.17) is 11.6 Å². The number of fused-ring (bicyclic) bond motifs is 1. The van der Waals surface area contributed by atoms with E-state index in [0.29, 0.717) is 6.42 Å². The van der Waals surface area contributed by atoms with Crippen molar-refractivity contribution in [2.75, 3.05) is 0 Å². The standard InChI is InChI=1S/C19H19ClO3/c20-17-10-12(5-8-18(17)21)9-16(19(22)23)15-7-6-13-3-1-2-4-14(13)11-15/h5-8,10-11,16,21H,1-4,9H2,(H,22,23). The molecule has 1 unspecified atom stereocenters. The van der Waals surface area contributed by atoms with Crippen LogP contribution in [0.25, 0.3) is 0 Å². The van der Waals surface area contributed by atoms with E-state index in [1.54, 1.807) is 12.1 Å². The van der Waals surface area contributed by atoms with Crippen molar-refractivity contribution in [1.29, 1.82) is 0 Å². The molecule has 2 aromatic rings. The quantitative estimate of drug-likeness (QED) is 0.877. The Hall–Kier alpha value is -2.00. The highest BCUT2D eigenvalue weighted by molar-refractivity contribution is 6.32. The monoisotopic (exact) mass is 330 g/mol. The molecule has 2 aromatic carbocycles. The first-order valence-corrected chi connectivity index (χ1v) is 8.24. The smallest absolute Gasteiger partial charge is 0.311 e. The summed E-state index contributed by atoms with van der Waals surface area (Å²) in [5, 5.41) is 19.4. The van der Waals surface area contributed by atoms with Crippen molar-refractivity contribution < 1.29 is 15.0 Å². The second kappa shape index (κ2) is 6.63. The number of aryl methyl sites for hydroxylation is 2. The molecule has 120 valence electrons. The predicted molar refractivity (Wildman–Crippen MR) is 90.3 cm³/mol. The van der Waals surface area contributed by atoms with E-state index in [2.05, 4.69) is 12.1 Å². The van der Waals surface area contributed by atoms with E-state index in [1.165, 1.54) is 30.0 Å². The number of aromatic hydroxyl groups is 1. The third-order valence-electron chi connectivity index (χ3n) is 4.52. The molecule has 23 heavy (non-hydrogen) atoms. The van der Waals surface area contributed by atoms with Crippen LogP contribution in [0.4, 0.5) is 0 Å². The molecule has 0 fully saturated rings. The van der Waals surface area contributed by atoms with Gasteiger partial charge in [0, 0.05) is 0 Å². The maximum Gasteiger partial charge on any atom is 0.311 e. The molecule has 0 spiro atoms. The highest BCUT2D eigenvalue weighted by atomic mass is 35.5. The van der Waals surface area contributed by atoms with Gasteiger partial charge in [-0.15, -0.1) is 0 Å². The molecule has 0 amide bonds. The second-order valence-electron chi connectivity index (χ2n) is 6.12. The fraction of sp³-hybridized carbons (Fsp3) is 0.316. The van der Waals surface area contributed by atoms with Crippen molar-refractivity contribution in [3.63, 3.8) is 0 Å². The summed E-state index contributed by atoms with van der Waals surface area (Å²) < 4.78 is 0. The van der Waals surface area contributed by atoms with Crippen LogP contribution in [0.2, 0.25) is 5.02 Å². The van der Waals surface area contributed by atoms with Crippen LogP contribution in [0.15, 0.2) is 36.4 Å². The number of aliphatic carboxylic acids is 1. The first-order chi connectivity index (χ1) is 11.0. The maximum absolute atomic E-state index is 11.7. The number of phenols is 1. The van der Waals surface area contributed by atoms with Crippen molar-refractivity contribution in [3.05, 3.63) is 63.7 Å². The van der Waals surface area contributed by atoms with Gasteiger partial charge in [-0.05, 0) is 66.5 Å². The average Bonchev–Trinajstić information content (AvgIpc) is 2.55. The molecule has 0 bridgehead atoms. The molecule has 1 aliphatic carbocycles. The number of phenolic OH excluding ortho intramolecular Hbond substituents is 1. The Morgan fingerprint density at radius 2 is 1.83 bits per heavy atom. The van der Waals surface area contributed by atoms with Crippen LogP contribution in [0, 0.1) is 0 Å². The van der Waals surface area contributed by atoms with E-state index in [0.717, 1.165) is 24.0 Å². The van der Waals surface area contributed by atoms with E-state index >= 15 is 0 Å². The van der Waals surface area contributed by atoms with Crippen molar-refractivity contribution in [1.82, 2.24) is 0 Å². The normalized spacial score (nSPS) is 15.0. The first-order valence-electron chi connectivity index (χ1n) is 7.86. The number of carboxylic acids is 1. The summed E-state index contributed by atoms with van der Waals surface area (Å²) in [6, 6.07) is 10.9. The molecular weight excluding hydrogens is 312 g/mol. The zero-order valence-corrected chi connectivity index (χ0v) is 13.5. The number of benzene rings is 2. The second-order valence-corrected chi connectivity index (χ2v) is 6.52. The number of halogens is 1. The van der Waals surface area contributed by atoms with Crippen molar-refractivity contribution >= 4 is 17.6 Å². The van der Waals surface area contributed by atoms with E-state index in [9.17, 15) is 15.0 Å². The summed E-state index contributed by atoms with van der Waals surface area (Å²) in [4.78, 5) is 11.7. The molecule has 0 saturated carbocycles. The number of carboxylic acid groups (broad SMARTS) is 1. The maximum atomic E-state index is 11.7. The molecule has 1 aliphatic rings. The van der Waals surface area contributed by atoms with Gasteiger partial charge in [0.1, 0.15) is 5.75 Å². The minimum Gasteiger partial charge on any atom is -0.506 e. The Balaban J connectivity index is 1.89. The number of rotatable bonds is 4. The summed E-state index contributed by atoms with van der Waals surface area (Å²) in [5.41, 5.74) is 4.26. The molecule has 0 saturated heterocycles. The lowest BCUT2D eigenvalue weighted by Gasteiger charge is -2.19. The number of hydrogen-bond acceptors (Lipinski definition) is 2. The lowest BCUT2D eigenvalue weighted by Crippen LogP contribution is -2.15. The van der Waals surface area contributed by atoms with E-state index in [-0.39, 0.29) is 10.8 Å². The van der Waals surface area contributed by atoms with Gasteiger partial charge in [0.05, 0.1) is 10.9 Å². The average molecular weight is 331 g/mol. The van der Waals surface area contributed by atoms with Gasteiger partial charge < -0.3 is 10.2 Å². The van der Waals surface area contributed by atoms with Crippen molar-refractivity contribution in [3.8, 4) is 5.75 Å². The van der Waals surface area contributed by atoms with Gasteiger partial charge in [-0.25, -0.2) is 0 Å². The molecule has 3 nitrogen and oxygen atoms in total. The first kappa shape index (κ1) is 15.9. The summed E-state index contributed by atoms with van der Waals surface area (Å²) in [6.07, 6.45) is 4.85. The SMILES string of the molecule is O=C(O)C(Cc1ccc(O)c(Cl)c1)c1ccc2c(c1)CCCC2. The zero-order valence-electron chi connectivity index (χ0n) is 12.8. The highest BCUT2D eigenvalue weighted by Crippen LogP contribution is 2.30. The molecule has 2 N–H and O–H groups in total. The van der Waals surface area contributed by atoms with Crippen molar-refractivity contribution in [2.24, 2.45) is 0 Å². The van der Waals surface area contributed by atoms with Crippen LogP contribution in [-0.2, 0) is 24.1 Å². The highest BCUT2D eigenvalue weighted by Gasteiger charge is 2.22. The van der Waals surface area contributed by atoms with Gasteiger partial charge >= 0.3 is 5.97 Å². The van der Waals surface area contributed by atoms with Crippen LogP contribution < -0.4 is 0 Å². The predicted octanol–water partition coefficient (Wildman–Crippen LogP) is 4.34. The number of carbonyl (C=O) groups is 1. The zero-order chi connectivity index (χ0) is 16.4. The summed E-state index contributed by atoms with van der Waals surface area (Å²) in [6.45, 7) is 0. The summed E-state index contributed by atoms with van der Waals surface area (Å²) >= 11 is 5.92. The lowest BCUT2D eigenvalue weighted by atomic mass is 9.85. The molecule has 1 atom stereocenters. The molecule has 0 aliphatic heterocycles. The van der Waals surface area contributed by atoms with Crippen LogP contribution in [-0.4, -0.2) is 16.2 Å². The Morgan fingerprint density at radius 1 is 1.09 bits per heavy atom. The van der Waals surface area contributed by atoms with E-state index < -0.39 is 11.9 Å². The van der Waals surface area contributed by atoms with Gasteiger partial charge in [-0.1, -0.05) is 35.9 Å². The Labute approximate surface area is 140 Å².